The van der Waals surface area contributed by atoms with Crippen LogP contribution in [0.3, 0.4) is 0 Å². The lowest BCUT2D eigenvalue weighted by molar-refractivity contribution is -0.121. The summed E-state index contributed by atoms with van der Waals surface area (Å²) in [6.07, 6.45) is 0.274. The Morgan fingerprint density at radius 2 is 2.00 bits per heavy atom. The van der Waals surface area contributed by atoms with E-state index < -0.39 is 0 Å². The van der Waals surface area contributed by atoms with Crippen LogP contribution in [0.25, 0.3) is 0 Å². The summed E-state index contributed by atoms with van der Waals surface area (Å²) in [4.78, 5) is 11.9. The maximum atomic E-state index is 11.9. The zero-order valence-corrected chi connectivity index (χ0v) is 12.1. The summed E-state index contributed by atoms with van der Waals surface area (Å²) in [6, 6.07) is 10.4. The fourth-order valence-electron chi connectivity index (χ4n) is 2.59. The molecular formula is C16H14ClNO3. The van der Waals surface area contributed by atoms with Crippen LogP contribution in [0.2, 0.25) is 5.02 Å². The Hall–Kier alpha value is -2.20. The van der Waals surface area contributed by atoms with Gasteiger partial charge in [-0.05, 0) is 41.0 Å². The number of hydrogen-bond acceptors (Lipinski definition) is 3. The molecule has 1 atom stereocenters. The summed E-state index contributed by atoms with van der Waals surface area (Å²) in [6.45, 7) is 0. The molecule has 2 aromatic carbocycles. The summed E-state index contributed by atoms with van der Waals surface area (Å²) in [7, 11) is 1.49. The zero-order chi connectivity index (χ0) is 15.0. The molecule has 1 heterocycles. The molecule has 21 heavy (non-hydrogen) atoms. The Morgan fingerprint density at radius 3 is 2.67 bits per heavy atom. The number of rotatable bonds is 2. The van der Waals surface area contributed by atoms with Crippen molar-refractivity contribution in [1.82, 2.24) is 5.32 Å². The molecule has 0 saturated heterocycles. The molecule has 1 amide bonds. The minimum Gasteiger partial charge on any atom is -0.504 e. The summed E-state index contributed by atoms with van der Waals surface area (Å²) in [5.41, 5.74) is 2.64. The van der Waals surface area contributed by atoms with Gasteiger partial charge in [0, 0.05) is 5.02 Å². The normalized spacial score (nSPS) is 17.0. The van der Waals surface area contributed by atoms with Gasteiger partial charge in [0.2, 0.25) is 5.91 Å². The van der Waals surface area contributed by atoms with Gasteiger partial charge in [-0.2, -0.15) is 0 Å². The van der Waals surface area contributed by atoms with Gasteiger partial charge in [0.1, 0.15) is 0 Å². The average molecular weight is 304 g/mol. The van der Waals surface area contributed by atoms with Crippen molar-refractivity contribution in [3.63, 3.8) is 0 Å². The number of carbonyl (C=O) groups is 1. The zero-order valence-electron chi connectivity index (χ0n) is 11.4. The van der Waals surface area contributed by atoms with E-state index in [1.54, 1.807) is 24.3 Å². The SMILES string of the molecule is COc1cc2c(cc1O)[C@H](c1ccc(Cl)cc1)NC(=O)C2. The van der Waals surface area contributed by atoms with Crippen LogP contribution in [0.4, 0.5) is 0 Å². The number of phenols is 1. The third-order valence-electron chi connectivity index (χ3n) is 3.61. The predicted octanol–water partition coefficient (Wildman–Crippen LogP) is 2.82. The molecule has 0 saturated carbocycles. The van der Waals surface area contributed by atoms with Gasteiger partial charge >= 0.3 is 0 Å². The van der Waals surface area contributed by atoms with E-state index in [9.17, 15) is 9.90 Å². The standard InChI is InChI=1S/C16H14ClNO3/c1-21-14-6-10-7-15(20)18-16(12(10)8-13(14)19)9-2-4-11(17)5-3-9/h2-6,8,16,19H,7H2,1H3,(H,18,20)/t16-/m0/s1. The topological polar surface area (TPSA) is 58.6 Å². The Bertz CT molecular complexity index is 697. The highest BCUT2D eigenvalue weighted by Crippen LogP contribution is 2.37. The summed E-state index contributed by atoms with van der Waals surface area (Å²) in [5.74, 6) is 0.375. The van der Waals surface area contributed by atoms with Crippen molar-refractivity contribution in [3.8, 4) is 11.5 Å². The third kappa shape index (κ3) is 2.54. The van der Waals surface area contributed by atoms with Gasteiger partial charge in [0.15, 0.2) is 11.5 Å². The fourth-order valence-corrected chi connectivity index (χ4v) is 2.72. The van der Waals surface area contributed by atoms with Crippen LogP contribution < -0.4 is 10.1 Å². The van der Waals surface area contributed by atoms with Crippen LogP contribution >= 0.6 is 11.6 Å². The van der Waals surface area contributed by atoms with Gasteiger partial charge in [-0.25, -0.2) is 0 Å². The molecule has 108 valence electrons. The number of methoxy groups -OCH3 is 1. The van der Waals surface area contributed by atoms with E-state index in [0.717, 1.165) is 16.7 Å². The molecule has 0 spiro atoms. The number of phenolic OH excluding ortho intramolecular Hbond substituents is 1. The molecular weight excluding hydrogens is 290 g/mol. The molecule has 2 aromatic rings. The number of ether oxygens (including phenoxy) is 1. The molecule has 1 aliphatic rings. The number of halogens is 1. The van der Waals surface area contributed by atoms with Gasteiger partial charge < -0.3 is 15.2 Å². The minimum atomic E-state index is -0.296. The lowest BCUT2D eigenvalue weighted by atomic mass is 9.89. The van der Waals surface area contributed by atoms with Crippen LogP contribution in [-0.2, 0) is 11.2 Å². The first-order valence-electron chi connectivity index (χ1n) is 6.53. The number of aromatic hydroxyl groups is 1. The van der Waals surface area contributed by atoms with Crippen molar-refractivity contribution in [3.05, 3.63) is 58.1 Å². The Labute approximate surface area is 127 Å². The monoisotopic (exact) mass is 303 g/mol. The number of hydrogen-bond donors (Lipinski definition) is 2. The van der Waals surface area contributed by atoms with Gasteiger partial charge in [-0.1, -0.05) is 23.7 Å². The van der Waals surface area contributed by atoms with Crippen molar-refractivity contribution in [1.29, 1.82) is 0 Å². The van der Waals surface area contributed by atoms with Crippen LogP contribution in [0.5, 0.6) is 11.5 Å². The maximum absolute atomic E-state index is 11.9. The van der Waals surface area contributed by atoms with Crippen LogP contribution in [-0.4, -0.2) is 18.1 Å². The smallest absolute Gasteiger partial charge is 0.225 e. The first kappa shape index (κ1) is 13.8. The van der Waals surface area contributed by atoms with Crippen LogP contribution in [0.15, 0.2) is 36.4 Å². The van der Waals surface area contributed by atoms with E-state index in [-0.39, 0.29) is 24.1 Å². The lowest BCUT2D eigenvalue weighted by Crippen LogP contribution is -2.35. The molecule has 2 N–H and O–H groups in total. The Balaban J connectivity index is 2.10. The van der Waals surface area contributed by atoms with Crippen molar-refractivity contribution in [2.75, 3.05) is 7.11 Å². The van der Waals surface area contributed by atoms with Crippen LogP contribution in [0, 0.1) is 0 Å². The van der Waals surface area contributed by atoms with Crippen molar-refractivity contribution < 1.29 is 14.6 Å². The summed E-state index contributed by atoms with van der Waals surface area (Å²) >= 11 is 5.90. The quantitative estimate of drug-likeness (QED) is 0.897. The summed E-state index contributed by atoms with van der Waals surface area (Å²) < 4.78 is 5.10. The average Bonchev–Trinajstić information content (AvgIpc) is 2.47. The van der Waals surface area contributed by atoms with Crippen molar-refractivity contribution >= 4 is 17.5 Å². The first-order chi connectivity index (χ1) is 10.1. The predicted molar refractivity (Wildman–Crippen MR) is 79.8 cm³/mol. The second-order valence-electron chi connectivity index (χ2n) is 4.95. The molecule has 0 radical (unpaired) electrons. The highest BCUT2D eigenvalue weighted by molar-refractivity contribution is 6.30. The second-order valence-corrected chi connectivity index (χ2v) is 5.39. The Kier molecular flexibility index (Phi) is 3.47. The number of benzene rings is 2. The molecule has 5 heteroatoms. The van der Waals surface area contributed by atoms with E-state index in [2.05, 4.69) is 5.32 Å². The number of nitrogens with one attached hydrogen (secondary N) is 1. The van der Waals surface area contributed by atoms with E-state index >= 15 is 0 Å². The van der Waals surface area contributed by atoms with E-state index in [1.807, 2.05) is 12.1 Å². The van der Waals surface area contributed by atoms with E-state index in [1.165, 1.54) is 7.11 Å². The van der Waals surface area contributed by atoms with E-state index in [4.69, 9.17) is 16.3 Å². The molecule has 1 aliphatic heterocycles. The highest BCUT2D eigenvalue weighted by atomic mass is 35.5. The molecule has 3 rings (SSSR count). The van der Waals surface area contributed by atoms with Gasteiger partial charge in [0.25, 0.3) is 0 Å². The summed E-state index contributed by atoms with van der Waals surface area (Å²) in [5, 5.41) is 13.6. The maximum Gasteiger partial charge on any atom is 0.225 e. The second kappa shape index (κ2) is 5.30. The number of fused-ring (bicyclic) bond motifs is 1. The number of amides is 1. The highest BCUT2D eigenvalue weighted by Gasteiger charge is 2.27. The first-order valence-corrected chi connectivity index (χ1v) is 6.91. The van der Waals surface area contributed by atoms with Crippen LogP contribution in [0.1, 0.15) is 22.7 Å². The molecule has 0 unspecified atom stereocenters. The molecule has 0 bridgehead atoms. The minimum absolute atomic E-state index is 0.0600. The third-order valence-corrected chi connectivity index (χ3v) is 3.86. The molecule has 0 fully saturated rings. The molecule has 0 aliphatic carbocycles. The number of carbonyl (C=O) groups excluding carboxylic acids is 1. The Morgan fingerprint density at radius 1 is 1.29 bits per heavy atom. The van der Waals surface area contributed by atoms with Crippen molar-refractivity contribution in [2.45, 2.75) is 12.5 Å². The molecule has 4 nitrogen and oxygen atoms in total. The van der Waals surface area contributed by atoms with Crippen molar-refractivity contribution in [2.24, 2.45) is 0 Å². The lowest BCUT2D eigenvalue weighted by Gasteiger charge is -2.27. The van der Waals surface area contributed by atoms with Gasteiger partial charge in [-0.3, -0.25) is 4.79 Å². The van der Waals surface area contributed by atoms with Gasteiger partial charge in [-0.15, -0.1) is 0 Å². The largest absolute Gasteiger partial charge is 0.504 e. The molecule has 0 aromatic heterocycles. The van der Waals surface area contributed by atoms with E-state index in [0.29, 0.717) is 10.8 Å². The fraction of sp³-hybridized carbons (Fsp3) is 0.188. The van der Waals surface area contributed by atoms with Gasteiger partial charge in [0.05, 0.1) is 19.6 Å².